The third-order valence-electron chi connectivity index (χ3n) is 3.73. The summed E-state index contributed by atoms with van der Waals surface area (Å²) < 4.78 is 0. The van der Waals surface area contributed by atoms with Crippen LogP contribution in [0, 0.1) is 13.8 Å². The Kier molecular flexibility index (Phi) is 4.00. The first-order valence-electron chi connectivity index (χ1n) is 7.62. The molecule has 0 unspecified atom stereocenters. The van der Waals surface area contributed by atoms with Crippen molar-refractivity contribution in [3.8, 4) is 0 Å². The Bertz CT molecular complexity index is 675. The van der Waals surface area contributed by atoms with Gasteiger partial charge in [0.15, 0.2) is 0 Å². The minimum Gasteiger partial charge on any atom is -0.355 e. The van der Waals surface area contributed by atoms with Crippen LogP contribution in [-0.4, -0.2) is 12.1 Å². The summed E-state index contributed by atoms with van der Waals surface area (Å²) in [6.45, 7) is 4.16. The van der Waals surface area contributed by atoms with Gasteiger partial charge in [-0.3, -0.25) is 0 Å². The minimum absolute atomic E-state index is 0.127. The van der Waals surface area contributed by atoms with E-state index >= 15 is 0 Å². The smallest absolute Gasteiger partial charge is 0.319 e. The van der Waals surface area contributed by atoms with E-state index in [2.05, 4.69) is 48.0 Å². The normalized spacial score (nSPS) is 13.5. The molecule has 4 nitrogen and oxygen atoms in total. The zero-order chi connectivity index (χ0) is 15.5. The summed E-state index contributed by atoms with van der Waals surface area (Å²) in [5, 5.41) is 9.16. The fourth-order valence-electron chi connectivity index (χ4n) is 2.24. The van der Waals surface area contributed by atoms with E-state index in [0.29, 0.717) is 6.04 Å². The van der Waals surface area contributed by atoms with Crippen molar-refractivity contribution in [2.24, 2.45) is 0 Å². The maximum atomic E-state index is 11.7. The van der Waals surface area contributed by atoms with E-state index in [4.69, 9.17) is 0 Å². The first kappa shape index (κ1) is 14.4. The van der Waals surface area contributed by atoms with E-state index in [1.807, 2.05) is 24.3 Å². The molecule has 1 saturated carbocycles. The van der Waals surface area contributed by atoms with Crippen molar-refractivity contribution in [1.29, 1.82) is 0 Å². The molecule has 0 radical (unpaired) electrons. The van der Waals surface area contributed by atoms with Gasteiger partial charge in [0, 0.05) is 23.1 Å². The number of urea groups is 1. The monoisotopic (exact) mass is 295 g/mol. The Hall–Kier alpha value is -2.49. The van der Waals surface area contributed by atoms with Gasteiger partial charge < -0.3 is 16.0 Å². The molecule has 0 saturated heterocycles. The number of anilines is 3. The fourth-order valence-corrected chi connectivity index (χ4v) is 2.24. The molecule has 0 atom stereocenters. The number of carbonyl (C=O) groups excluding carboxylic acids is 1. The van der Waals surface area contributed by atoms with Crippen LogP contribution in [0.4, 0.5) is 21.9 Å². The fraction of sp³-hybridized carbons (Fsp3) is 0.278. The summed E-state index contributed by atoms with van der Waals surface area (Å²) in [6.07, 6.45) is 2.18. The molecule has 114 valence electrons. The highest BCUT2D eigenvalue weighted by Crippen LogP contribution is 2.23. The van der Waals surface area contributed by atoms with Crippen molar-refractivity contribution in [1.82, 2.24) is 5.32 Å². The van der Waals surface area contributed by atoms with Gasteiger partial charge in [0.1, 0.15) is 0 Å². The van der Waals surface area contributed by atoms with Gasteiger partial charge >= 0.3 is 6.03 Å². The standard InChI is InChI=1S/C18H21N3O/c1-12-3-4-13(2)17(11-12)19-14-5-7-15(8-6-14)20-18(22)21-16-9-10-16/h3-8,11,16,19H,9-10H2,1-2H3,(H2,20,21,22). The zero-order valence-corrected chi connectivity index (χ0v) is 12.9. The molecule has 0 heterocycles. The lowest BCUT2D eigenvalue weighted by atomic mass is 10.1. The average Bonchev–Trinajstić information content (AvgIpc) is 3.29. The van der Waals surface area contributed by atoms with Crippen LogP contribution < -0.4 is 16.0 Å². The van der Waals surface area contributed by atoms with Crippen LogP contribution in [0.3, 0.4) is 0 Å². The highest BCUT2D eigenvalue weighted by Gasteiger charge is 2.23. The predicted molar refractivity (Wildman–Crippen MR) is 90.8 cm³/mol. The molecule has 1 aliphatic rings. The SMILES string of the molecule is Cc1ccc(C)c(Nc2ccc(NC(=O)NC3CC3)cc2)c1. The molecule has 3 N–H and O–H groups in total. The van der Waals surface area contributed by atoms with Gasteiger partial charge in [-0.25, -0.2) is 4.79 Å². The van der Waals surface area contributed by atoms with E-state index in [1.54, 1.807) is 0 Å². The lowest BCUT2D eigenvalue weighted by Gasteiger charge is -2.12. The second-order valence-corrected chi connectivity index (χ2v) is 5.89. The highest BCUT2D eigenvalue weighted by atomic mass is 16.2. The lowest BCUT2D eigenvalue weighted by Crippen LogP contribution is -2.30. The summed E-state index contributed by atoms with van der Waals surface area (Å²) in [4.78, 5) is 11.7. The van der Waals surface area contributed by atoms with Crippen molar-refractivity contribution in [2.45, 2.75) is 32.7 Å². The van der Waals surface area contributed by atoms with Gasteiger partial charge in [0.2, 0.25) is 0 Å². The summed E-state index contributed by atoms with van der Waals surface area (Å²) in [7, 11) is 0. The van der Waals surface area contributed by atoms with E-state index in [0.717, 1.165) is 29.9 Å². The van der Waals surface area contributed by atoms with E-state index < -0.39 is 0 Å². The predicted octanol–water partition coefficient (Wildman–Crippen LogP) is 4.33. The third-order valence-corrected chi connectivity index (χ3v) is 3.73. The number of nitrogens with one attached hydrogen (secondary N) is 3. The average molecular weight is 295 g/mol. The molecule has 0 aromatic heterocycles. The van der Waals surface area contributed by atoms with Crippen LogP contribution in [0.25, 0.3) is 0 Å². The molecule has 1 fully saturated rings. The number of benzene rings is 2. The summed E-state index contributed by atoms with van der Waals surface area (Å²) in [6, 6.07) is 14.3. The van der Waals surface area contributed by atoms with Crippen molar-refractivity contribution >= 4 is 23.1 Å². The second-order valence-electron chi connectivity index (χ2n) is 5.89. The largest absolute Gasteiger partial charge is 0.355 e. The van der Waals surface area contributed by atoms with Gasteiger partial charge in [0.05, 0.1) is 0 Å². The molecule has 2 aromatic rings. The van der Waals surface area contributed by atoms with E-state index in [1.165, 1.54) is 11.1 Å². The Balaban J connectivity index is 1.63. The van der Waals surface area contributed by atoms with Crippen LogP contribution >= 0.6 is 0 Å². The van der Waals surface area contributed by atoms with Gasteiger partial charge in [-0.05, 0) is 68.1 Å². The Morgan fingerprint density at radius 2 is 1.68 bits per heavy atom. The highest BCUT2D eigenvalue weighted by molar-refractivity contribution is 5.89. The molecule has 0 spiro atoms. The summed E-state index contributed by atoms with van der Waals surface area (Å²) in [5.41, 5.74) is 5.33. The van der Waals surface area contributed by atoms with Gasteiger partial charge in [-0.1, -0.05) is 12.1 Å². The van der Waals surface area contributed by atoms with Crippen molar-refractivity contribution in [3.05, 3.63) is 53.6 Å². The maximum absolute atomic E-state index is 11.7. The van der Waals surface area contributed by atoms with Crippen molar-refractivity contribution in [2.75, 3.05) is 10.6 Å². The van der Waals surface area contributed by atoms with Crippen LogP contribution in [-0.2, 0) is 0 Å². The van der Waals surface area contributed by atoms with E-state index in [9.17, 15) is 4.79 Å². The molecular formula is C18H21N3O. The minimum atomic E-state index is -0.127. The van der Waals surface area contributed by atoms with Crippen LogP contribution in [0.15, 0.2) is 42.5 Å². The molecule has 0 aliphatic heterocycles. The molecule has 2 aromatic carbocycles. The van der Waals surface area contributed by atoms with Gasteiger partial charge in [-0.2, -0.15) is 0 Å². The third kappa shape index (κ3) is 3.79. The maximum Gasteiger partial charge on any atom is 0.319 e. The van der Waals surface area contributed by atoms with Gasteiger partial charge in [0.25, 0.3) is 0 Å². The Morgan fingerprint density at radius 1 is 1.00 bits per heavy atom. The van der Waals surface area contributed by atoms with Gasteiger partial charge in [-0.15, -0.1) is 0 Å². The second kappa shape index (κ2) is 6.10. The molecule has 22 heavy (non-hydrogen) atoms. The molecule has 3 rings (SSSR count). The number of rotatable bonds is 4. The van der Waals surface area contributed by atoms with E-state index in [-0.39, 0.29) is 6.03 Å². The number of carbonyl (C=O) groups is 1. The quantitative estimate of drug-likeness (QED) is 0.786. The summed E-state index contributed by atoms with van der Waals surface area (Å²) >= 11 is 0. The van der Waals surface area contributed by atoms with Crippen molar-refractivity contribution < 1.29 is 4.79 Å². The molecular weight excluding hydrogens is 274 g/mol. The molecule has 2 amide bonds. The lowest BCUT2D eigenvalue weighted by molar-refractivity contribution is 0.251. The number of aryl methyl sites for hydroxylation is 2. The van der Waals surface area contributed by atoms with Crippen LogP contribution in [0.2, 0.25) is 0 Å². The summed E-state index contributed by atoms with van der Waals surface area (Å²) in [5.74, 6) is 0. The zero-order valence-electron chi connectivity index (χ0n) is 12.9. The molecule has 0 bridgehead atoms. The van der Waals surface area contributed by atoms with Crippen LogP contribution in [0.5, 0.6) is 0 Å². The number of hydrogen-bond acceptors (Lipinski definition) is 2. The number of hydrogen-bond donors (Lipinski definition) is 3. The first-order valence-corrected chi connectivity index (χ1v) is 7.62. The van der Waals surface area contributed by atoms with Crippen molar-refractivity contribution in [3.63, 3.8) is 0 Å². The topological polar surface area (TPSA) is 53.2 Å². The first-order chi connectivity index (χ1) is 10.6. The Morgan fingerprint density at radius 3 is 2.36 bits per heavy atom. The Labute approximate surface area is 130 Å². The van der Waals surface area contributed by atoms with Crippen LogP contribution in [0.1, 0.15) is 24.0 Å². The molecule has 1 aliphatic carbocycles. The number of amides is 2. The molecule has 4 heteroatoms.